The van der Waals surface area contributed by atoms with Crippen molar-refractivity contribution < 1.29 is 29.2 Å². The quantitative estimate of drug-likeness (QED) is 0.399. The molecule has 0 unspecified atom stereocenters. The van der Waals surface area contributed by atoms with Gasteiger partial charge < -0.3 is 34.9 Å². The number of aromatic hydroxyl groups is 1. The zero-order chi connectivity index (χ0) is 23.8. The Morgan fingerprint density at radius 1 is 1.24 bits per heavy atom. The normalized spacial score (nSPS) is 19.9. The van der Waals surface area contributed by atoms with Crippen LogP contribution in [-0.2, 0) is 30.6 Å². The van der Waals surface area contributed by atoms with Crippen LogP contribution in [-0.4, -0.2) is 40.7 Å². The number of anilines is 1. The molecule has 5 N–H and O–H groups in total. The Kier molecular flexibility index (Phi) is 6.34. The molecule has 0 aliphatic carbocycles. The molecule has 3 aromatic rings. The molecule has 0 fully saturated rings. The Morgan fingerprint density at radius 2 is 2.03 bits per heavy atom. The van der Waals surface area contributed by atoms with Crippen LogP contribution in [0.15, 0.2) is 39.5 Å². The minimum absolute atomic E-state index is 0.0100. The molecule has 1 aliphatic rings. The lowest BCUT2D eigenvalue weighted by Gasteiger charge is -2.40. The van der Waals surface area contributed by atoms with Crippen molar-refractivity contribution in [2.24, 2.45) is 0 Å². The van der Waals surface area contributed by atoms with E-state index >= 15 is 0 Å². The molecule has 0 amide bonds. The summed E-state index contributed by atoms with van der Waals surface area (Å²) in [4.78, 5) is 12.4. The average Bonchev–Trinajstić information content (AvgIpc) is 2.78. The zero-order valence-electron chi connectivity index (χ0n) is 18.8. The summed E-state index contributed by atoms with van der Waals surface area (Å²) in [6.45, 7) is 1.97. The third-order valence-corrected chi connectivity index (χ3v) is 6.40. The van der Waals surface area contributed by atoms with E-state index in [9.17, 15) is 20.1 Å². The molecule has 1 aliphatic heterocycles. The maximum atomic E-state index is 12.4. The number of aliphatic hydroxyl groups is 2. The standard InChI is InChI=1S/C25H29NO7/c1-25(7-5-14-3-4-18(26)15(9-14)6-8-31-2)22(29)11-17-20(33-25)12-21-23(24(17)30)19(28)10-16(13-27)32-21/h3-4,9-10,12,22,27,29-30H,5-8,11,13,26H2,1-2H3/t22-,25+/m1/s1. The van der Waals surface area contributed by atoms with Crippen molar-refractivity contribution in [1.82, 2.24) is 0 Å². The van der Waals surface area contributed by atoms with Crippen LogP contribution >= 0.6 is 0 Å². The van der Waals surface area contributed by atoms with Gasteiger partial charge in [-0.3, -0.25) is 4.79 Å². The fourth-order valence-corrected chi connectivity index (χ4v) is 4.32. The maximum absolute atomic E-state index is 12.4. The van der Waals surface area contributed by atoms with Crippen molar-refractivity contribution >= 4 is 16.7 Å². The molecule has 0 saturated heterocycles. The van der Waals surface area contributed by atoms with Crippen LogP contribution < -0.4 is 15.9 Å². The van der Waals surface area contributed by atoms with Gasteiger partial charge in [-0.25, -0.2) is 0 Å². The number of phenolic OH excluding ortho intramolecular Hbond substituents is 1. The summed E-state index contributed by atoms with van der Waals surface area (Å²) in [7, 11) is 1.65. The van der Waals surface area contributed by atoms with Crippen molar-refractivity contribution in [3.05, 3.63) is 63.0 Å². The molecule has 0 spiro atoms. The number of hydrogen-bond acceptors (Lipinski definition) is 8. The lowest BCUT2D eigenvalue weighted by Crippen LogP contribution is -2.49. The van der Waals surface area contributed by atoms with E-state index in [4.69, 9.17) is 19.6 Å². The number of methoxy groups -OCH3 is 1. The lowest BCUT2D eigenvalue weighted by molar-refractivity contribution is -0.0595. The molecular weight excluding hydrogens is 426 g/mol. The highest BCUT2D eigenvalue weighted by Gasteiger charge is 2.41. The first kappa shape index (κ1) is 23.1. The van der Waals surface area contributed by atoms with Gasteiger partial charge in [0.05, 0.1) is 12.7 Å². The van der Waals surface area contributed by atoms with Gasteiger partial charge in [0.2, 0.25) is 0 Å². The Bertz CT molecular complexity index is 1240. The highest BCUT2D eigenvalue weighted by Crippen LogP contribution is 2.43. The van der Waals surface area contributed by atoms with E-state index < -0.39 is 23.7 Å². The van der Waals surface area contributed by atoms with E-state index in [-0.39, 0.29) is 28.9 Å². The van der Waals surface area contributed by atoms with E-state index in [0.29, 0.717) is 37.2 Å². The third-order valence-electron chi connectivity index (χ3n) is 6.40. The number of ether oxygens (including phenoxy) is 2. The molecule has 2 heterocycles. The molecule has 8 heteroatoms. The van der Waals surface area contributed by atoms with E-state index in [1.807, 2.05) is 25.1 Å². The van der Waals surface area contributed by atoms with Gasteiger partial charge in [0.15, 0.2) is 5.43 Å². The number of rotatable bonds is 7. The summed E-state index contributed by atoms with van der Waals surface area (Å²) in [5.74, 6) is 0.186. The Balaban J connectivity index is 1.61. The van der Waals surface area contributed by atoms with Crippen molar-refractivity contribution in [1.29, 1.82) is 0 Å². The molecular formula is C25H29NO7. The van der Waals surface area contributed by atoms with E-state index in [1.165, 1.54) is 0 Å². The van der Waals surface area contributed by atoms with E-state index in [1.54, 1.807) is 13.2 Å². The van der Waals surface area contributed by atoms with Crippen LogP contribution in [0.2, 0.25) is 0 Å². The number of nitrogens with two attached hydrogens (primary N) is 1. The predicted molar refractivity (Wildman–Crippen MR) is 124 cm³/mol. The Morgan fingerprint density at radius 3 is 2.76 bits per heavy atom. The van der Waals surface area contributed by atoms with Crippen LogP contribution in [0.1, 0.15) is 35.8 Å². The van der Waals surface area contributed by atoms with Crippen LogP contribution in [0.25, 0.3) is 11.0 Å². The third kappa shape index (κ3) is 4.42. The van der Waals surface area contributed by atoms with Crippen molar-refractivity contribution in [2.45, 2.75) is 50.9 Å². The summed E-state index contributed by atoms with van der Waals surface area (Å²) >= 11 is 0. The molecule has 4 rings (SSSR count). The summed E-state index contributed by atoms with van der Waals surface area (Å²) in [5, 5.41) is 31.0. The number of fused-ring (bicyclic) bond motifs is 2. The molecule has 176 valence electrons. The van der Waals surface area contributed by atoms with Crippen molar-refractivity contribution in [3.8, 4) is 11.5 Å². The summed E-state index contributed by atoms with van der Waals surface area (Å²) in [6.07, 6.45) is 1.12. The van der Waals surface area contributed by atoms with Gasteiger partial charge in [0.1, 0.15) is 40.4 Å². The SMILES string of the molecule is COCCc1cc(CC[C@]2(C)Oc3cc4oc(CO)cc(=O)c4c(O)c3C[C@H]2O)ccc1N. The molecule has 1 aromatic heterocycles. The second-order valence-corrected chi connectivity index (χ2v) is 8.72. The first-order chi connectivity index (χ1) is 15.8. The second kappa shape index (κ2) is 9.05. The van der Waals surface area contributed by atoms with Gasteiger partial charge in [-0.05, 0) is 43.4 Å². The van der Waals surface area contributed by atoms with Gasteiger partial charge in [-0.15, -0.1) is 0 Å². The fraction of sp³-hybridized carbons (Fsp3) is 0.400. The number of aryl methyl sites for hydroxylation is 1. The molecule has 0 saturated carbocycles. The van der Waals surface area contributed by atoms with Gasteiger partial charge in [0, 0.05) is 36.9 Å². The predicted octanol–water partition coefficient (Wildman–Crippen LogP) is 2.45. The summed E-state index contributed by atoms with van der Waals surface area (Å²) in [5.41, 5.74) is 7.98. The molecule has 0 bridgehead atoms. The Hall–Kier alpha value is -3.07. The fourth-order valence-electron chi connectivity index (χ4n) is 4.32. The number of aliphatic hydroxyl groups excluding tert-OH is 2. The molecule has 0 radical (unpaired) electrons. The largest absolute Gasteiger partial charge is 0.507 e. The van der Waals surface area contributed by atoms with Crippen molar-refractivity contribution in [3.63, 3.8) is 0 Å². The first-order valence-corrected chi connectivity index (χ1v) is 10.9. The smallest absolute Gasteiger partial charge is 0.196 e. The molecule has 33 heavy (non-hydrogen) atoms. The molecule has 2 atom stereocenters. The van der Waals surface area contributed by atoms with Crippen LogP contribution in [0, 0.1) is 0 Å². The maximum Gasteiger partial charge on any atom is 0.196 e. The number of benzene rings is 2. The topological polar surface area (TPSA) is 135 Å². The highest BCUT2D eigenvalue weighted by molar-refractivity contribution is 5.87. The van der Waals surface area contributed by atoms with Crippen LogP contribution in [0.3, 0.4) is 0 Å². The van der Waals surface area contributed by atoms with Crippen molar-refractivity contribution in [2.75, 3.05) is 19.5 Å². The molecule has 2 aromatic carbocycles. The summed E-state index contributed by atoms with van der Waals surface area (Å²) < 4.78 is 16.9. The Labute approximate surface area is 191 Å². The second-order valence-electron chi connectivity index (χ2n) is 8.72. The highest BCUT2D eigenvalue weighted by atomic mass is 16.5. The van der Waals surface area contributed by atoms with Crippen LogP contribution in [0.4, 0.5) is 5.69 Å². The minimum atomic E-state index is -0.921. The molecule has 8 nitrogen and oxygen atoms in total. The van der Waals surface area contributed by atoms with Gasteiger partial charge >= 0.3 is 0 Å². The minimum Gasteiger partial charge on any atom is -0.507 e. The first-order valence-electron chi connectivity index (χ1n) is 10.9. The lowest BCUT2D eigenvalue weighted by atomic mass is 9.84. The van der Waals surface area contributed by atoms with Gasteiger partial charge in [-0.1, -0.05) is 12.1 Å². The monoisotopic (exact) mass is 455 g/mol. The van der Waals surface area contributed by atoms with Gasteiger partial charge in [-0.2, -0.15) is 0 Å². The number of nitrogen functional groups attached to an aromatic ring is 1. The zero-order valence-corrected chi connectivity index (χ0v) is 18.8. The van der Waals surface area contributed by atoms with E-state index in [0.717, 1.165) is 22.9 Å². The van der Waals surface area contributed by atoms with Crippen LogP contribution in [0.5, 0.6) is 11.5 Å². The van der Waals surface area contributed by atoms with E-state index in [2.05, 4.69) is 0 Å². The number of hydrogen-bond donors (Lipinski definition) is 4. The summed E-state index contributed by atoms with van der Waals surface area (Å²) in [6, 6.07) is 8.57. The van der Waals surface area contributed by atoms with Gasteiger partial charge in [0.25, 0.3) is 0 Å². The average molecular weight is 456 g/mol. The number of phenols is 1.